The van der Waals surface area contributed by atoms with Crippen molar-refractivity contribution >= 4 is 39.2 Å². The summed E-state index contributed by atoms with van der Waals surface area (Å²) in [5.74, 6) is -1.40. The highest BCUT2D eigenvalue weighted by molar-refractivity contribution is 7.89. The van der Waals surface area contributed by atoms with Crippen molar-refractivity contribution in [2.24, 2.45) is 0 Å². The fraction of sp³-hybridized carbons (Fsp3) is 0. The van der Waals surface area contributed by atoms with Gasteiger partial charge >= 0.3 is 5.97 Å². The van der Waals surface area contributed by atoms with Crippen molar-refractivity contribution < 1.29 is 18.3 Å². The topological polar surface area (TPSA) is 106 Å². The van der Waals surface area contributed by atoms with Gasteiger partial charge in [0, 0.05) is 6.07 Å². The predicted molar refractivity (Wildman–Crippen MR) is 74.5 cm³/mol. The Balaban J connectivity index is 2.70. The second-order valence-corrected chi connectivity index (χ2v) is 6.35. The van der Waals surface area contributed by atoms with E-state index in [1.807, 2.05) is 0 Å². The van der Waals surface area contributed by atoms with Gasteiger partial charge in [-0.15, -0.1) is 9.19 Å². The summed E-state index contributed by atoms with van der Waals surface area (Å²) in [6.07, 6.45) is 0. The number of carbonyl (C=O) groups is 1. The number of benzene rings is 1. The molecule has 21 heavy (non-hydrogen) atoms. The standard InChI is InChI=1S/C11H6Cl2N2O5S/c12-8-2-1-6(5-7(8)11(17)18)21(19,20)15-10(16)4-3-9(13)14-15/h1-5H,(H,17,18). The molecular formula is C11H6Cl2N2O5S. The zero-order chi connectivity index (χ0) is 15.8. The quantitative estimate of drug-likeness (QED) is 0.900. The SMILES string of the molecule is O=C(O)c1cc(S(=O)(=O)n2nc(Cl)ccc2=O)ccc1Cl. The van der Waals surface area contributed by atoms with Gasteiger partial charge in [-0.2, -0.15) is 8.42 Å². The molecule has 1 aromatic heterocycles. The van der Waals surface area contributed by atoms with E-state index >= 15 is 0 Å². The van der Waals surface area contributed by atoms with Gasteiger partial charge in [0.05, 0.1) is 15.5 Å². The normalized spacial score (nSPS) is 11.3. The van der Waals surface area contributed by atoms with Crippen LogP contribution in [0.25, 0.3) is 0 Å². The summed E-state index contributed by atoms with van der Waals surface area (Å²) in [6, 6.07) is 5.09. The Hall–Kier alpha value is -1.90. The third-order valence-corrected chi connectivity index (χ3v) is 4.53. The molecule has 2 aromatic rings. The Morgan fingerprint density at radius 1 is 1.19 bits per heavy atom. The van der Waals surface area contributed by atoms with Crippen LogP contribution in [0.4, 0.5) is 0 Å². The average Bonchev–Trinajstić information content (AvgIpc) is 2.41. The molecule has 0 spiro atoms. The van der Waals surface area contributed by atoms with Gasteiger partial charge in [-0.1, -0.05) is 23.2 Å². The molecule has 0 atom stereocenters. The van der Waals surface area contributed by atoms with E-state index in [2.05, 4.69) is 5.10 Å². The zero-order valence-corrected chi connectivity index (χ0v) is 12.4. The van der Waals surface area contributed by atoms with E-state index in [9.17, 15) is 18.0 Å². The summed E-state index contributed by atoms with van der Waals surface area (Å²) < 4.78 is 24.8. The number of hydrogen-bond donors (Lipinski definition) is 1. The minimum atomic E-state index is -4.38. The average molecular weight is 349 g/mol. The van der Waals surface area contributed by atoms with E-state index < -0.39 is 32.0 Å². The van der Waals surface area contributed by atoms with E-state index in [0.717, 1.165) is 30.3 Å². The fourth-order valence-corrected chi connectivity index (χ4v) is 3.06. The predicted octanol–water partition coefficient (Wildman–Crippen LogP) is 1.49. The molecule has 7 nitrogen and oxygen atoms in total. The fourth-order valence-electron chi connectivity index (χ4n) is 1.47. The number of rotatable bonds is 3. The molecule has 110 valence electrons. The van der Waals surface area contributed by atoms with Gasteiger partial charge in [-0.05, 0) is 24.3 Å². The lowest BCUT2D eigenvalue weighted by molar-refractivity contribution is 0.0697. The Morgan fingerprint density at radius 3 is 2.48 bits per heavy atom. The number of carboxylic acids is 1. The van der Waals surface area contributed by atoms with Crippen molar-refractivity contribution in [3.8, 4) is 0 Å². The molecule has 0 aliphatic carbocycles. The van der Waals surface area contributed by atoms with Crippen molar-refractivity contribution in [2.75, 3.05) is 0 Å². The van der Waals surface area contributed by atoms with Crippen molar-refractivity contribution in [3.05, 3.63) is 56.4 Å². The van der Waals surface area contributed by atoms with Gasteiger partial charge in [-0.25, -0.2) is 4.79 Å². The van der Waals surface area contributed by atoms with E-state index in [4.69, 9.17) is 28.3 Å². The molecule has 1 N–H and O–H groups in total. The Kier molecular flexibility index (Phi) is 4.04. The Morgan fingerprint density at radius 2 is 1.86 bits per heavy atom. The van der Waals surface area contributed by atoms with Gasteiger partial charge in [0.15, 0.2) is 5.15 Å². The summed E-state index contributed by atoms with van der Waals surface area (Å²) in [7, 11) is -4.38. The summed E-state index contributed by atoms with van der Waals surface area (Å²) in [5, 5.41) is 12.0. The van der Waals surface area contributed by atoms with Gasteiger partial charge in [-0.3, -0.25) is 4.79 Å². The smallest absolute Gasteiger partial charge is 0.337 e. The number of aromatic carboxylic acids is 1. The zero-order valence-electron chi connectivity index (χ0n) is 10.0. The third-order valence-electron chi connectivity index (χ3n) is 2.43. The van der Waals surface area contributed by atoms with Gasteiger partial charge in [0.1, 0.15) is 0 Å². The van der Waals surface area contributed by atoms with Crippen molar-refractivity contribution in [1.82, 2.24) is 9.19 Å². The van der Waals surface area contributed by atoms with Crippen LogP contribution < -0.4 is 5.56 Å². The highest BCUT2D eigenvalue weighted by atomic mass is 35.5. The second kappa shape index (κ2) is 5.47. The third kappa shape index (κ3) is 2.92. The highest BCUT2D eigenvalue weighted by Crippen LogP contribution is 2.21. The maximum Gasteiger partial charge on any atom is 0.337 e. The van der Waals surface area contributed by atoms with Crippen molar-refractivity contribution in [3.63, 3.8) is 0 Å². The number of halogens is 2. The van der Waals surface area contributed by atoms with Crippen LogP contribution in [0.2, 0.25) is 10.2 Å². The van der Waals surface area contributed by atoms with Crippen molar-refractivity contribution in [1.29, 1.82) is 0 Å². The Bertz CT molecular complexity index is 892. The van der Waals surface area contributed by atoms with E-state index in [1.165, 1.54) is 0 Å². The number of hydrogen-bond acceptors (Lipinski definition) is 5. The molecule has 0 saturated carbocycles. The molecule has 0 amide bonds. The molecule has 0 unspecified atom stereocenters. The molecular weight excluding hydrogens is 343 g/mol. The monoisotopic (exact) mass is 348 g/mol. The number of nitrogens with zero attached hydrogens (tertiary/aromatic N) is 2. The van der Waals surface area contributed by atoms with E-state index in [-0.39, 0.29) is 14.3 Å². The van der Waals surface area contributed by atoms with Crippen LogP contribution in [0.3, 0.4) is 0 Å². The molecule has 10 heteroatoms. The maximum atomic E-state index is 12.3. The summed E-state index contributed by atoms with van der Waals surface area (Å²) in [5.41, 5.74) is -1.33. The lowest BCUT2D eigenvalue weighted by atomic mass is 10.2. The molecule has 1 aromatic carbocycles. The molecule has 2 rings (SSSR count). The Labute approximate surface area is 128 Å². The lowest BCUT2D eigenvalue weighted by Crippen LogP contribution is -2.29. The first-order valence-corrected chi connectivity index (χ1v) is 7.47. The van der Waals surface area contributed by atoms with Gasteiger partial charge in [0.25, 0.3) is 15.6 Å². The summed E-state index contributed by atoms with van der Waals surface area (Å²) in [6.45, 7) is 0. The molecule has 0 bridgehead atoms. The number of aromatic nitrogens is 2. The molecule has 1 heterocycles. The van der Waals surface area contributed by atoms with Crippen LogP contribution in [0.15, 0.2) is 40.0 Å². The molecule has 0 radical (unpaired) electrons. The highest BCUT2D eigenvalue weighted by Gasteiger charge is 2.22. The summed E-state index contributed by atoms with van der Waals surface area (Å²) in [4.78, 5) is 22.1. The summed E-state index contributed by atoms with van der Waals surface area (Å²) >= 11 is 11.2. The minimum Gasteiger partial charge on any atom is -0.478 e. The maximum absolute atomic E-state index is 12.3. The van der Waals surface area contributed by atoms with Crippen LogP contribution in [-0.2, 0) is 10.0 Å². The first kappa shape index (κ1) is 15.5. The first-order valence-electron chi connectivity index (χ1n) is 5.28. The van der Waals surface area contributed by atoms with Crippen LogP contribution in [0, 0.1) is 0 Å². The molecule has 0 saturated heterocycles. The van der Waals surface area contributed by atoms with Crippen LogP contribution in [-0.4, -0.2) is 28.7 Å². The first-order chi connectivity index (χ1) is 9.73. The molecule has 0 aliphatic heterocycles. The van der Waals surface area contributed by atoms with Gasteiger partial charge in [0.2, 0.25) is 0 Å². The van der Waals surface area contributed by atoms with Crippen molar-refractivity contribution in [2.45, 2.75) is 4.90 Å². The lowest BCUT2D eigenvalue weighted by Gasteiger charge is -2.07. The number of carboxylic acid groups (broad SMARTS) is 1. The largest absolute Gasteiger partial charge is 0.478 e. The van der Waals surface area contributed by atoms with E-state index in [0.29, 0.717) is 0 Å². The van der Waals surface area contributed by atoms with E-state index in [1.54, 1.807) is 0 Å². The minimum absolute atomic E-state index is 0.132. The second-order valence-electron chi connectivity index (χ2n) is 3.79. The van der Waals surface area contributed by atoms with Crippen LogP contribution in [0.5, 0.6) is 0 Å². The van der Waals surface area contributed by atoms with Crippen LogP contribution in [0.1, 0.15) is 10.4 Å². The molecule has 0 aliphatic rings. The van der Waals surface area contributed by atoms with Gasteiger partial charge < -0.3 is 5.11 Å². The van der Waals surface area contributed by atoms with Crippen LogP contribution >= 0.6 is 23.2 Å². The molecule has 0 fully saturated rings.